The molecule has 0 unspecified atom stereocenters. The second-order valence-electron chi connectivity index (χ2n) is 7.17. The molecule has 4 aromatic rings. The molecule has 0 saturated heterocycles. The Hall–Kier alpha value is -4.22. The molecule has 0 bridgehead atoms. The normalized spacial score (nSPS) is 11.4. The third-order valence-corrected chi connectivity index (χ3v) is 4.61. The molecule has 34 heavy (non-hydrogen) atoms. The van der Waals surface area contributed by atoms with Crippen LogP contribution in [0.4, 0.5) is 27.6 Å². The van der Waals surface area contributed by atoms with Crippen molar-refractivity contribution < 1.29 is 31.5 Å². The van der Waals surface area contributed by atoms with Gasteiger partial charge in [0, 0.05) is 18.5 Å². The lowest BCUT2D eigenvalue weighted by Crippen LogP contribution is -2.14. The number of anilines is 1. The van der Waals surface area contributed by atoms with Gasteiger partial charge in [0.15, 0.2) is 24.0 Å². The number of alkyl halides is 3. The van der Waals surface area contributed by atoms with Crippen molar-refractivity contribution in [2.45, 2.75) is 19.5 Å². The Balaban J connectivity index is 1.35. The van der Waals surface area contributed by atoms with Crippen molar-refractivity contribution >= 4 is 11.6 Å². The highest BCUT2D eigenvalue weighted by molar-refractivity contribution is 6.02. The van der Waals surface area contributed by atoms with Crippen molar-refractivity contribution in [1.82, 2.24) is 19.6 Å². The third-order valence-electron chi connectivity index (χ3n) is 4.61. The molecule has 0 spiro atoms. The van der Waals surface area contributed by atoms with E-state index in [0.29, 0.717) is 17.3 Å². The maximum absolute atomic E-state index is 13.6. The minimum Gasteiger partial charge on any atom is -0.468 e. The number of benzene rings is 2. The van der Waals surface area contributed by atoms with Gasteiger partial charge in [0.2, 0.25) is 0 Å². The van der Waals surface area contributed by atoms with Gasteiger partial charge in [-0.15, -0.1) is 0 Å². The third kappa shape index (κ3) is 5.57. The van der Waals surface area contributed by atoms with Crippen molar-refractivity contribution in [2.24, 2.45) is 0 Å². The average Bonchev–Trinajstić information content (AvgIpc) is 3.42. The molecule has 176 valence electrons. The van der Waals surface area contributed by atoms with Crippen LogP contribution in [0.1, 0.15) is 21.6 Å². The second kappa shape index (κ2) is 9.33. The molecule has 0 aliphatic rings. The fraction of sp³-hybridized carbons (Fsp3) is 0.136. The summed E-state index contributed by atoms with van der Waals surface area (Å²) < 4.78 is 73.0. The Kier molecular flexibility index (Phi) is 6.30. The van der Waals surface area contributed by atoms with Crippen LogP contribution in [0.15, 0.2) is 67.1 Å². The van der Waals surface area contributed by atoms with E-state index < -0.39 is 29.3 Å². The fourth-order valence-corrected chi connectivity index (χ4v) is 3.03. The zero-order chi connectivity index (χ0) is 24.3. The molecule has 0 aliphatic carbocycles. The van der Waals surface area contributed by atoms with Crippen LogP contribution >= 0.6 is 0 Å². The van der Waals surface area contributed by atoms with E-state index in [9.17, 15) is 26.7 Å². The Bertz CT molecular complexity index is 1320. The summed E-state index contributed by atoms with van der Waals surface area (Å²) in [5.74, 6) is -2.34. The number of carbonyl (C=O) groups excluding carboxylic acids is 1. The predicted molar refractivity (Wildman–Crippen MR) is 110 cm³/mol. The quantitative estimate of drug-likeness (QED) is 0.391. The van der Waals surface area contributed by atoms with Crippen LogP contribution in [0.25, 0.3) is 0 Å². The number of hydrogen-bond donors (Lipinski definition) is 1. The van der Waals surface area contributed by atoms with Crippen molar-refractivity contribution in [2.75, 3.05) is 5.32 Å². The van der Waals surface area contributed by atoms with E-state index in [1.54, 1.807) is 6.07 Å². The molecule has 0 fully saturated rings. The van der Waals surface area contributed by atoms with Crippen molar-refractivity contribution in [1.29, 1.82) is 0 Å². The van der Waals surface area contributed by atoms with Gasteiger partial charge in [0.05, 0.1) is 24.0 Å². The minimum atomic E-state index is -4.44. The zero-order valence-electron chi connectivity index (χ0n) is 17.3. The molecule has 7 nitrogen and oxygen atoms in total. The maximum Gasteiger partial charge on any atom is 0.416 e. The van der Waals surface area contributed by atoms with Crippen LogP contribution in [0.3, 0.4) is 0 Å². The maximum atomic E-state index is 13.6. The lowest BCUT2D eigenvalue weighted by molar-refractivity contribution is -0.137. The summed E-state index contributed by atoms with van der Waals surface area (Å²) in [6, 6.07) is 9.16. The topological polar surface area (TPSA) is 74.0 Å². The number of amides is 1. The molecule has 1 amide bonds. The van der Waals surface area contributed by atoms with Gasteiger partial charge in [0.25, 0.3) is 5.91 Å². The Morgan fingerprint density at radius 3 is 2.65 bits per heavy atom. The van der Waals surface area contributed by atoms with Crippen molar-refractivity contribution in [3.05, 3.63) is 95.6 Å². The minimum absolute atomic E-state index is 0.0359. The van der Waals surface area contributed by atoms with Crippen molar-refractivity contribution in [3.63, 3.8) is 0 Å². The molecular weight excluding hydrogens is 461 g/mol. The summed E-state index contributed by atoms with van der Waals surface area (Å²) in [5.41, 5.74) is -0.00971. The van der Waals surface area contributed by atoms with Crippen LogP contribution in [0.2, 0.25) is 0 Å². The Labute approximate surface area is 189 Å². The monoisotopic (exact) mass is 477 g/mol. The highest BCUT2D eigenvalue weighted by atomic mass is 19.4. The number of nitrogens with one attached hydrogen (secondary N) is 1. The summed E-state index contributed by atoms with van der Waals surface area (Å²) in [7, 11) is 0. The number of hydrogen-bond acceptors (Lipinski definition) is 4. The zero-order valence-corrected chi connectivity index (χ0v) is 17.3. The number of nitrogens with zero attached hydrogens (tertiary/aromatic N) is 4. The molecular formula is C22H16F5N5O2. The highest BCUT2D eigenvalue weighted by Gasteiger charge is 2.30. The van der Waals surface area contributed by atoms with Crippen LogP contribution in [-0.4, -0.2) is 25.5 Å². The van der Waals surface area contributed by atoms with Gasteiger partial charge in [0.1, 0.15) is 5.82 Å². The van der Waals surface area contributed by atoms with Gasteiger partial charge in [-0.1, -0.05) is 12.1 Å². The summed E-state index contributed by atoms with van der Waals surface area (Å²) in [6.45, 7) is -0.142. The molecule has 0 radical (unpaired) electrons. The summed E-state index contributed by atoms with van der Waals surface area (Å²) in [6.07, 6.45) is -0.188. The summed E-state index contributed by atoms with van der Waals surface area (Å²) in [4.78, 5) is 12.4. The van der Waals surface area contributed by atoms with Gasteiger partial charge in [-0.3, -0.25) is 9.48 Å². The van der Waals surface area contributed by atoms with Crippen LogP contribution in [-0.2, 0) is 19.5 Å². The van der Waals surface area contributed by atoms with E-state index in [0.717, 1.165) is 24.3 Å². The summed E-state index contributed by atoms with van der Waals surface area (Å²) in [5, 5.41) is 10.7. The average molecular weight is 477 g/mol. The summed E-state index contributed by atoms with van der Waals surface area (Å²) >= 11 is 0. The van der Waals surface area contributed by atoms with Gasteiger partial charge in [-0.25, -0.2) is 13.5 Å². The molecule has 0 aliphatic heterocycles. The largest absolute Gasteiger partial charge is 0.468 e. The number of rotatable bonds is 7. The predicted octanol–water partition coefficient (Wildman–Crippen LogP) is 4.71. The smallest absolute Gasteiger partial charge is 0.416 e. The fourth-order valence-electron chi connectivity index (χ4n) is 3.03. The molecule has 12 heteroatoms. The molecule has 2 heterocycles. The molecule has 1 N–H and O–H groups in total. The van der Waals surface area contributed by atoms with E-state index in [1.165, 1.54) is 40.1 Å². The van der Waals surface area contributed by atoms with E-state index >= 15 is 0 Å². The Morgan fingerprint density at radius 1 is 1.06 bits per heavy atom. The van der Waals surface area contributed by atoms with Gasteiger partial charge < -0.3 is 10.1 Å². The molecule has 4 rings (SSSR count). The number of aromatic nitrogens is 4. The first-order valence-corrected chi connectivity index (χ1v) is 9.78. The molecule has 2 aromatic heterocycles. The highest BCUT2D eigenvalue weighted by Crippen LogP contribution is 2.29. The molecule has 2 aromatic carbocycles. The first-order valence-electron chi connectivity index (χ1n) is 9.78. The van der Waals surface area contributed by atoms with Crippen LogP contribution in [0, 0.1) is 11.6 Å². The number of carbonyl (C=O) groups is 1. The SMILES string of the molecule is O=C(Nc1cnn(Cc2cccc(C(F)(F)F)c2)c1)c1ccn(COc2ccc(F)cc2F)n1. The molecule has 0 atom stereocenters. The van der Waals surface area contributed by atoms with Gasteiger partial charge >= 0.3 is 6.18 Å². The van der Waals surface area contributed by atoms with Gasteiger partial charge in [-0.2, -0.15) is 23.4 Å². The van der Waals surface area contributed by atoms with Crippen molar-refractivity contribution in [3.8, 4) is 5.75 Å². The van der Waals surface area contributed by atoms with Gasteiger partial charge in [-0.05, 0) is 35.9 Å². The standard InChI is InChI=1S/C22H16F5N5O2/c23-16-4-5-20(18(24)9-16)34-13-31-7-6-19(30-31)21(33)29-17-10-28-32(12-17)11-14-2-1-3-15(8-14)22(25,26)27/h1-10,12H,11,13H2,(H,29,33). The second-order valence-corrected chi connectivity index (χ2v) is 7.17. The number of halogens is 5. The van der Waals surface area contributed by atoms with E-state index in [-0.39, 0.29) is 24.7 Å². The Morgan fingerprint density at radius 2 is 1.88 bits per heavy atom. The molecule has 0 saturated carbocycles. The first kappa shape index (κ1) is 23.0. The van der Waals surface area contributed by atoms with E-state index in [1.807, 2.05) is 0 Å². The van der Waals surface area contributed by atoms with E-state index in [2.05, 4.69) is 15.5 Å². The lowest BCUT2D eigenvalue weighted by Gasteiger charge is -2.08. The van der Waals surface area contributed by atoms with E-state index in [4.69, 9.17) is 4.74 Å². The lowest BCUT2D eigenvalue weighted by atomic mass is 10.1. The van der Waals surface area contributed by atoms with Crippen LogP contribution in [0.5, 0.6) is 5.75 Å². The first-order chi connectivity index (χ1) is 16.2. The van der Waals surface area contributed by atoms with Crippen LogP contribution < -0.4 is 10.1 Å². The number of ether oxygens (including phenoxy) is 1.